The van der Waals surface area contributed by atoms with Crippen molar-refractivity contribution in [1.82, 2.24) is 9.88 Å². The van der Waals surface area contributed by atoms with Crippen LogP contribution in [-0.2, 0) is 27.4 Å². The Balaban J connectivity index is 1.25. The predicted molar refractivity (Wildman–Crippen MR) is 166 cm³/mol. The Labute approximate surface area is 246 Å². The van der Waals surface area contributed by atoms with E-state index < -0.39 is 0 Å². The Kier molecular flexibility index (Phi) is 10.4. The summed E-state index contributed by atoms with van der Waals surface area (Å²) in [6.45, 7) is 6.52. The van der Waals surface area contributed by atoms with Crippen LogP contribution in [0.15, 0.2) is 66.7 Å². The van der Waals surface area contributed by atoms with Crippen LogP contribution in [0.2, 0.25) is 0 Å². The lowest BCUT2D eigenvalue weighted by atomic mass is 10.0. The number of carbonyl (C=O) groups excluding carboxylic acids is 4. The van der Waals surface area contributed by atoms with E-state index in [-0.39, 0.29) is 23.4 Å². The van der Waals surface area contributed by atoms with Crippen molar-refractivity contribution < 1.29 is 23.9 Å². The number of nitrogens with one attached hydrogen (secondary N) is 1. The van der Waals surface area contributed by atoms with Crippen LogP contribution in [-0.4, -0.2) is 34.6 Å². The van der Waals surface area contributed by atoms with E-state index in [1.807, 2.05) is 60.7 Å². The van der Waals surface area contributed by atoms with E-state index in [0.29, 0.717) is 30.7 Å². The first kappa shape index (κ1) is 30.4. The van der Waals surface area contributed by atoms with Crippen LogP contribution < -0.4 is 5.32 Å². The van der Waals surface area contributed by atoms with Crippen LogP contribution in [0.5, 0.6) is 0 Å². The molecule has 3 aromatic carbocycles. The van der Waals surface area contributed by atoms with E-state index in [9.17, 15) is 19.2 Å². The van der Waals surface area contributed by atoms with Gasteiger partial charge in [-0.2, -0.15) is 0 Å². The topological polar surface area (TPSA) is 94.5 Å². The number of rotatable bonds is 14. The molecule has 7 nitrogen and oxygen atoms in total. The van der Waals surface area contributed by atoms with Gasteiger partial charge in [-0.05, 0) is 87.2 Å². The quantitative estimate of drug-likeness (QED) is 0.0764. The molecular formula is C35H38N2O5. The Bertz CT molecular complexity index is 1560. The second kappa shape index (κ2) is 14.4. The standard InChI is InChI=1S/C35H38N2O5/c1-4-42-35(41)19-14-26-10-12-27(13-11-26)23-36-34(40)9-7-5-6-8-20-37-32-17-15-28(24(2)38)21-30(32)31-22-29(25(3)39)16-18-33(31)37/h10-19,21-22H,4-9,20,23H2,1-3H3,(H,36,40)/b19-14+. The zero-order chi connectivity index (χ0) is 30.1. The summed E-state index contributed by atoms with van der Waals surface area (Å²) in [5, 5.41) is 4.95. The van der Waals surface area contributed by atoms with Gasteiger partial charge in [0.1, 0.15) is 0 Å². The fourth-order valence-electron chi connectivity index (χ4n) is 5.08. The first-order valence-corrected chi connectivity index (χ1v) is 14.5. The summed E-state index contributed by atoms with van der Waals surface area (Å²) in [6.07, 6.45) is 7.31. The van der Waals surface area contributed by atoms with Crippen molar-refractivity contribution in [2.75, 3.05) is 6.61 Å². The third-order valence-electron chi connectivity index (χ3n) is 7.38. The maximum Gasteiger partial charge on any atom is 0.330 e. The van der Waals surface area contributed by atoms with Gasteiger partial charge in [-0.15, -0.1) is 0 Å². The van der Waals surface area contributed by atoms with Gasteiger partial charge < -0.3 is 14.6 Å². The molecular weight excluding hydrogens is 528 g/mol. The lowest BCUT2D eigenvalue weighted by molar-refractivity contribution is -0.137. The normalized spacial score (nSPS) is 11.3. The van der Waals surface area contributed by atoms with Gasteiger partial charge in [0, 0.05) is 58.5 Å². The van der Waals surface area contributed by atoms with Crippen LogP contribution in [0.25, 0.3) is 27.9 Å². The largest absolute Gasteiger partial charge is 0.463 e. The number of aryl methyl sites for hydroxylation is 1. The van der Waals surface area contributed by atoms with Crippen molar-refractivity contribution in [3.63, 3.8) is 0 Å². The molecule has 0 saturated heterocycles. The molecule has 1 amide bonds. The number of amides is 1. The van der Waals surface area contributed by atoms with Crippen molar-refractivity contribution in [2.24, 2.45) is 0 Å². The smallest absolute Gasteiger partial charge is 0.330 e. The van der Waals surface area contributed by atoms with E-state index in [1.54, 1.807) is 26.8 Å². The average Bonchev–Trinajstić information content (AvgIpc) is 3.29. The van der Waals surface area contributed by atoms with Crippen LogP contribution >= 0.6 is 0 Å². The minimum Gasteiger partial charge on any atom is -0.463 e. The Hall–Kier alpha value is -4.52. The zero-order valence-corrected chi connectivity index (χ0v) is 24.6. The van der Waals surface area contributed by atoms with Gasteiger partial charge in [0.25, 0.3) is 0 Å². The molecule has 42 heavy (non-hydrogen) atoms. The third kappa shape index (κ3) is 7.81. The number of nitrogens with zero attached hydrogens (tertiary/aromatic N) is 1. The predicted octanol–water partition coefficient (Wildman–Crippen LogP) is 7.04. The van der Waals surface area contributed by atoms with Crippen LogP contribution in [0, 0.1) is 0 Å². The molecule has 1 aromatic heterocycles. The summed E-state index contributed by atoms with van der Waals surface area (Å²) >= 11 is 0. The van der Waals surface area contributed by atoms with Gasteiger partial charge >= 0.3 is 5.97 Å². The van der Waals surface area contributed by atoms with Crippen molar-refractivity contribution in [2.45, 2.75) is 66.0 Å². The van der Waals surface area contributed by atoms with Crippen molar-refractivity contribution in [3.8, 4) is 0 Å². The number of esters is 1. The summed E-state index contributed by atoms with van der Waals surface area (Å²) in [4.78, 5) is 47.8. The fraction of sp³-hybridized carbons (Fsp3) is 0.314. The van der Waals surface area contributed by atoms with E-state index in [4.69, 9.17) is 4.74 Å². The van der Waals surface area contributed by atoms with Gasteiger partial charge in [-0.1, -0.05) is 37.1 Å². The van der Waals surface area contributed by atoms with Crippen LogP contribution in [0.3, 0.4) is 0 Å². The number of hydrogen-bond acceptors (Lipinski definition) is 5. The molecule has 7 heteroatoms. The Morgan fingerprint density at radius 1 is 0.786 bits per heavy atom. The fourth-order valence-corrected chi connectivity index (χ4v) is 5.08. The highest BCUT2D eigenvalue weighted by molar-refractivity contribution is 6.12. The van der Waals surface area contributed by atoms with Crippen molar-refractivity contribution in [1.29, 1.82) is 0 Å². The SMILES string of the molecule is CCOC(=O)/C=C/c1ccc(CNC(=O)CCCCCCn2c3ccc(C(C)=O)cc3c3cc(C(C)=O)ccc32)cc1. The maximum atomic E-state index is 12.4. The number of carbonyl (C=O) groups is 4. The lowest BCUT2D eigenvalue weighted by Gasteiger charge is -2.09. The number of fused-ring (bicyclic) bond motifs is 3. The molecule has 4 rings (SSSR count). The zero-order valence-electron chi connectivity index (χ0n) is 24.6. The van der Waals surface area contributed by atoms with E-state index >= 15 is 0 Å². The summed E-state index contributed by atoms with van der Waals surface area (Å²) < 4.78 is 7.15. The number of benzene rings is 3. The van der Waals surface area contributed by atoms with Crippen molar-refractivity contribution >= 4 is 51.3 Å². The number of aromatic nitrogens is 1. The molecule has 0 unspecified atom stereocenters. The summed E-state index contributed by atoms with van der Waals surface area (Å²) in [5.41, 5.74) is 5.31. The first-order chi connectivity index (χ1) is 20.3. The third-order valence-corrected chi connectivity index (χ3v) is 7.38. The van der Waals surface area contributed by atoms with Gasteiger partial charge in [0.15, 0.2) is 11.6 Å². The molecule has 4 aromatic rings. The Morgan fingerprint density at radius 2 is 1.38 bits per heavy atom. The molecule has 0 bridgehead atoms. The van der Waals surface area contributed by atoms with E-state index in [0.717, 1.165) is 65.2 Å². The number of Topliss-reactive ketones (excluding diaryl/α,β-unsaturated/α-hetero) is 2. The van der Waals surface area contributed by atoms with Crippen molar-refractivity contribution in [3.05, 3.63) is 89.0 Å². The average molecular weight is 567 g/mol. The number of ether oxygens (including phenoxy) is 1. The second-order valence-corrected chi connectivity index (χ2v) is 10.5. The maximum absolute atomic E-state index is 12.4. The van der Waals surface area contributed by atoms with Crippen LogP contribution in [0.4, 0.5) is 0 Å². The van der Waals surface area contributed by atoms with E-state index in [1.165, 1.54) is 6.08 Å². The molecule has 0 spiro atoms. The number of hydrogen-bond donors (Lipinski definition) is 1. The number of unbranched alkanes of at least 4 members (excludes halogenated alkanes) is 3. The molecule has 0 aliphatic heterocycles. The second-order valence-electron chi connectivity index (χ2n) is 10.5. The molecule has 0 atom stereocenters. The minimum atomic E-state index is -0.367. The molecule has 0 aliphatic rings. The molecule has 1 heterocycles. The summed E-state index contributed by atoms with van der Waals surface area (Å²) in [7, 11) is 0. The highest BCUT2D eigenvalue weighted by Gasteiger charge is 2.14. The Morgan fingerprint density at radius 3 is 1.95 bits per heavy atom. The molecule has 1 N–H and O–H groups in total. The summed E-state index contributed by atoms with van der Waals surface area (Å²) in [5.74, 6) is -0.300. The van der Waals surface area contributed by atoms with E-state index in [2.05, 4.69) is 9.88 Å². The number of ketones is 2. The highest BCUT2D eigenvalue weighted by atomic mass is 16.5. The lowest BCUT2D eigenvalue weighted by Crippen LogP contribution is -2.22. The molecule has 0 radical (unpaired) electrons. The van der Waals surface area contributed by atoms with Gasteiger partial charge in [0.05, 0.1) is 6.61 Å². The van der Waals surface area contributed by atoms with Crippen LogP contribution in [0.1, 0.15) is 84.7 Å². The molecule has 0 fully saturated rings. The molecule has 0 saturated carbocycles. The first-order valence-electron chi connectivity index (χ1n) is 14.5. The van der Waals surface area contributed by atoms with Gasteiger partial charge in [-0.25, -0.2) is 4.79 Å². The molecule has 0 aliphatic carbocycles. The molecule has 218 valence electrons. The highest BCUT2D eigenvalue weighted by Crippen LogP contribution is 2.31. The summed E-state index contributed by atoms with van der Waals surface area (Å²) in [6, 6.07) is 19.2. The van der Waals surface area contributed by atoms with Gasteiger partial charge in [0.2, 0.25) is 5.91 Å². The van der Waals surface area contributed by atoms with Gasteiger partial charge in [-0.3, -0.25) is 14.4 Å². The monoisotopic (exact) mass is 566 g/mol. The minimum absolute atomic E-state index is 0.0164.